The molecule has 9 nitrogen and oxygen atoms in total. The molecule has 0 bridgehead atoms. The van der Waals surface area contributed by atoms with Crippen molar-refractivity contribution < 1.29 is 26.4 Å². The molecule has 2 saturated heterocycles. The van der Waals surface area contributed by atoms with Gasteiger partial charge in [0.1, 0.15) is 0 Å². The van der Waals surface area contributed by atoms with Gasteiger partial charge in [0.15, 0.2) is 9.84 Å². The molecule has 0 atom stereocenters. The lowest BCUT2D eigenvalue weighted by molar-refractivity contribution is 0.0405. The number of sulfonamides is 1. The Morgan fingerprint density at radius 2 is 1.54 bits per heavy atom. The third-order valence-corrected chi connectivity index (χ3v) is 8.74. The van der Waals surface area contributed by atoms with E-state index in [0.717, 1.165) is 6.26 Å². The van der Waals surface area contributed by atoms with Crippen molar-refractivity contribution in [2.75, 3.05) is 58.7 Å². The normalized spacial score (nSPS) is 19.6. The molecule has 2 fully saturated rings. The molecule has 2 aliphatic rings. The molecular weight excluding hydrogens is 474 g/mol. The number of rotatable bonds is 3. The summed E-state index contributed by atoms with van der Waals surface area (Å²) in [6.45, 7) is 2.92. The zero-order valence-electron chi connectivity index (χ0n) is 15.4. The van der Waals surface area contributed by atoms with Crippen LogP contribution in [0.3, 0.4) is 0 Å². The molecule has 2 heterocycles. The second-order valence-electron chi connectivity index (χ2n) is 6.64. The Bertz CT molecular complexity index is 953. The quantitative estimate of drug-likeness (QED) is 0.608. The van der Waals surface area contributed by atoms with Crippen LogP contribution in [0.15, 0.2) is 32.5 Å². The van der Waals surface area contributed by atoms with Crippen molar-refractivity contribution in [3.63, 3.8) is 0 Å². The van der Waals surface area contributed by atoms with Gasteiger partial charge in [-0.15, -0.1) is 0 Å². The average molecular weight is 496 g/mol. The fourth-order valence-corrected chi connectivity index (χ4v) is 6.22. The molecule has 0 unspecified atom stereocenters. The summed E-state index contributed by atoms with van der Waals surface area (Å²) < 4.78 is 56.5. The molecule has 1 aromatic rings. The second-order valence-corrected chi connectivity index (χ2v) is 11.4. The summed E-state index contributed by atoms with van der Waals surface area (Å²) >= 11 is 3.20. The van der Waals surface area contributed by atoms with Crippen molar-refractivity contribution in [3.8, 4) is 0 Å². The first-order valence-electron chi connectivity index (χ1n) is 8.72. The number of carbonyl (C=O) groups is 1. The molecule has 2 amide bonds. The SMILES string of the molecule is CS(=O)(=O)c1ccc(Br)c(S(=O)(=O)N2CCN(C(=O)N3CCOCC3)CC2)c1. The number of nitrogens with zero attached hydrogens (tertiary/aromatic N) is 3. The Morgan fingerprint density at radius 1 is 0.964 bits per heavy atom. The van der Waals surface area contributed by atoms with Gasteiger partial charge in [-0.2, -0.15) is 4.31 Å². The van der Waals surface area contributed by atoms with Crippen LogP contribution >= 0.6 is 15.9 Å². The molecule has 156 valence electrons. The number of halogens is 1. The number of sulfone groups is 1. The topological polar surface area (TPSA) is 104 Å². The fraction of sp³-hybridized carbons (Fsp3) is 0.562. The van der Waals surface area contributed by atoms with Gasteiger partial charge < -0.3 is 14.5 Å². The van der Waals surface area contributed by atoms with E-state index < -0.39 is 19.9 Å². The highest BCUT2D eigenvalue weighted by atomic mass is 79.9. The molecule has 0 radical (unpaired) electrons. The number of hydrogen-bond acceptors (Lipinski definition) is 6. The summed E-state index contributed by atoms with van der Waals surface area (Å²) in [5, 5.41) is 0. The monoisotopic (exact) mass is 495 g/mol. The minimum absolute atomic E-state index is 0.0598. The summed E-state index contributed by atoms with van der Waals surface area (Å²) in [6.07, 6.45) is 1.03. The predicted octanol–water partition coefficient (Wildman–Crippen LogP) is 0.611. The number of amides is 2. The van der Waals surface area contributed by atoms with Crippen molar-refractivity contribution in [2.24, 2.45) is 0 Å². The predicted molar refractivity (Wildman–Crippen MR) is 105 cm³/mol. The summed E-state index contributed by atoms with van der Waals surface area (Å²) in [5.41, 5.74) is 0. The highest BCUT2D eigenvalue weighted by molar-refractivity contribution is 9.10. The van der Waals surface area contributed by atoms with Crippen LogP contribution in [-0.4, -0.2) is 95.7 Å². The number of piperazine rings is 1. The number of carbonyl (C=O) groups excluding carboxylic acids is 1. The van der Waals surface area contributed by atoms with Gasteiger partial charge in [-0.1, -0.05) is 0 Å². The Balaban J connectivity index is 1.74. The van der Waals surface area contributed by atoms with Gasteiger partial charge in [-0.3, -0.25) is 0 Å². The fourth-order valence-electron chi connectivity index (χ4n) is 3.13. The van der Waals surface area contributed by atoms with Gasteiger partial charge in [0.25, 0.3) is 0 Å². The minimum atomic E-state index is -3.90. The molecule has 0 aromatic heterocycles. The molecule has 1 aromatic carbocycles. The summed E-state index contributed by atoms with van der Waals surface area (Å²) in [7, 11) is -7.44. The van der Waals surface area contributed by atoms with Gasteiger partial charge in [0.05, 0.1) is 23.0 Å². The van der Waals surface area contributed by atoms with Crippen LogP contribution in [0, 0.1) is 0 Å². The second kappa shape index (κ2) is 8.27. The molecule has 28 heavy (non-hydrogen) atoms. The summed E-state index contributed by atoms with van der Waals surface area (Å²) in [6, 6.07) is 3.83. The molecular formula is C16H22BrN3O6S2. The third-order valence-electron chi connectivity index (χ3n) is 4.74. The van der Waals surface area contributed by atoms with E-state index in [0.29, 0.717) is 30.8 Å². The van der Waals surface area contributed by atoms with Gasteiger partial charge in [-0.25, -0.2) is 21.6 Å². The van der Waals surface area contributed by atoms with E-state index in [1.165, 1.54) is 22.5 Å². The molecule has 2 aliphatic heterocycles. The number of urea groups is 1. The van der Waals surface area contributed by atoms with E-state index in [-0.39, 0.29) is 42.0 Å². The van der Waals surface area contributed by atoms with Gasteiger partial charge in [0.2, 0.25) is 10.0 Å². The van der Waals surface area contributed by atoms with Crippen molar-refractivity contribution in [1.29, 1.82) is 0 Å². The van der Waals surface area contributed by atoms with Crippen molar-refractivity contribution in [2.45, 2.75) is 9.79 Å². The van der Waals surface area contributed by atoms with E-state index in [4.69, 9.17) is 4.74 Å². The zero-order valence-corrected chi connectivity index (χ0v) is 18.6. The molecule has 3 rings (SSSR count). The first-order valence-corrected chi connectivity index (χ1v) is 12.8. The number of hydrogen-bond donors (Lipinski definition) is 0. The smallest absolute Gasteiger partial charge is 0.320 e. The minimum Gasteiger partial charge on any atom is -0.378 e. The van der Waals surface area contributed by atoms with Crippen LogP contribution in [0.5, 0.6) is 0 Å². The molecule has 12 heteroatoms. The first kappa shape index (κ1) is 21.5. The lowest BCUT2D eigenvalue weighted by atomic mass is 10.3. The largest absolute Gasteiger partial charge is 0.378 e. The maximum Gasteiger partial charge on any atom is 0.320 e. The zero-order chi connectivity index (χ0) is 20.5. The van der Waals surface area contributed by atoms with Crippen molar-refractivity contribution >= 4 is 41.8 Å². The number of ether oxygens (including phenoxy) is 1. The summed E-state index contributed by atoms with van der Waals surface area (Å²) in [4.78, 5) is 15.7. The molecule has 0 aliphatic carbocycles. The van der Waals surface area contributed by atoms with Crippen LogP contribution in [0.4, 0.5) is 4.79 Å². The Morgan fingerprint density at radius 3 is 2.11 bits per heavy atom. The highest BCUT2D eigenvalue weighted by Gasteiger charge is 2.33. The number of benzene rings is 1. The average Bonchev–Trinajstić information content (AvgIpc) is 2.67. The standard InChI is InChI=1S/C16H22BrN3O6S2/c1-27(22,23)13-2-3-14(17)15(12-13)28(24,25)20-6-4-18(5-7-20)16(21)19-8-10-26-11-9-19/h2-3,12H,4-11H2,1H3. The molecule has 0 spiro atoms. The maximum absolute atomic E-state index is 13.0. The van der Waals surface area contributed by atoms with Crippen LogP contribution in [-0.2, 0) is 24.6 Å². The number of morpholine rings is 1. The van der Waals surface area contributed by atoms with Gasteiger partial charge >= 0.3 is 6.03 Å². The Kier molecular flexibility index (Phi) is 6.35. The third kappa shape index (κ3) is 4.51. The Labute approximate surface area is 173 Å². The van der Waals surface area contributed by atoms with Gasteiger partial charge in [-0.05, 0) is 34.1 Å². The first-order chi connectivity index (χ1) is 13.1. The van der Waals surface area contributed by atoms with E-state index in [9.17, 15) is 21.6 Å². The van der Waals surface area contributed by atoms with Crippen LogP contribution in [0.2, 0.25) is 0 Å². The summed E-state index contributed by atoms with van der Waals surface area (Å²) in [5.74, 6) is 0. The Hall–Kier alpha value is -1.21. The van der Waals surface area contributed by atoms with Crippen molar-refractivity contribution in [3.05, 3.63) is 22.7 Å². The van der Waals surface area contributed by atoms with E-state index in [2.05, 4.69) is 15.9 Å². The molecule has 0 saturated carbocycles. The van der Waals surface area contributed by atoms with E-state index in [1.807, 2.05) is 0 Å². The van der Waals surface area contributed by atoms with Crippen molar-refractivity contribution in [1.82, 2.24) is 14.1 Å². The lowest BCUT2D eigenvalue weighted by Gasteiger charge is -2.38. The van der Waals surface area contributed by atoms with Crippen LogP contribution < -0.4 is 0 Å². The van der Waals surface area contributed by atoms with Gasteiger partial charge in [0, 0.05) is 50.0 Å². The lowest BCUT2D eigenvalue weighted by Crippen LogP contribution is -2.55. The molecule has 0 N–H and O–H groups in total. The van der Waals surface area contributed by atoms with Crippen LogP contribution in [0.1, 0.15) is 0 Å². The maximum atomic E-state index is 13.0. The van der Waals surface area contributed by atoms with E-state index >= 15 is 0 Å². The van der Waals surface area contributed by atoms with E-state index in [1.54, 1.807) is 9.80 Å². The highest BCUT2D eigenvalue weighted by Crippen LogP contribution is 2.28. The van der Waals surface area contributed by atoms with Crippen LogP contribution in [0.25, 0.3) is 0 Å².